The largest absolute Gasteiger partial charge is 0.292 e. The van der Waals surface area contributed by atoms with Gasteiger partial charge in [0.1, 0.15) is 18.4 Å². The zero-order valence-electron chi connectivity index (χ0n) is 11.7. The predicted octanol–water partition coefficient (Wildman–Crippen LogP) is 3.50. The molecule has 2 aromatic rings. The third-order valence-corrected chi connectivity index (χ3v) is 3.40. The van der Waals surface area contributed by atoms with Crippen LogP contribution >= 0.6 is 22.6 Å². The van der Waals surface area contributed by atoms with Crippen LogP contribution in [-0.4, -0.2) is 20.5 Å². The van der Waals surface area contributed by atoms with Gasteiger partial charge in [-0.1, -0.05) is 32.9 Å². The van der Waals surface area contributed by atoms with E-state index >= 15 is 0 Å². The van der Waals surface area contributed by atoms with E-state index in [2.05, 4.69) is 32.7 Å². The van der Waals surface area contributed by atoms with Gasteiger partial charge in [-0.15, -0.1) is 0 Å². The van der Waals surface area contributed by atoms with Crippen LogP contribution in [-0.2, 0) is 4.79 Å². The molecule has 0 saturated heterocycles. The second-order valence-corrected chi connectivity index (χ2v) is 6.75. The molecule has 0 bridgehead atoms. The molecule has 0 spiro atoms. The van der Waals surface area contributed by atoms with Gasteiger partial charge in [0.25, 0.3) is 0 Å². The van der Waals surface area contributed by atoms with Crippen LogP contribution in [0.2, 0.25) is 0 Å². The second-order valence-electron chi connectivity index (χ2n) is 5.50. The monoisotopic (exact) mass is 381 g/mol. The molecule has 20 heavy (non-hydrogen) atoms. The zero-order chi connectivity index (χ0) is 14.8. The molecule has 1 heterocycles. The number of aromatic nitrogens is 3. The lowest BCUT2D eigenvalue weighted by Crippen LogP contribution is -2.24. The summed E-state index contributed by atoms with van der Waals surface area (Å²) in [5.74, 6) is 0.0295. The molecule has 0 aliphatic carbocycles. The summed E-state index contributed by atoms with van der Waals surface area (Å²) in [6.45, 7) is 5.69. The fourth-order valence-corrected chi connectivity index (χ4v) is 2.27. The van der Waals surface area contributed by atoms with E-state index in [1.54, 1.807) is 6.33 Å². The highest BCUT2D eigenvalue weighted by atomic mass is 127. The molecule has 0 N–H and O–H groups in total. The molecule has 1 aromatic carbocycles. The number of nitrogens with zero attached hydrogens (tertiary/aromatic N) is 3. The number of ketones is 1. The summed E-state index contributed by atoms with van der Waals surface area (Å²) < 4.78 is 2.64. The number of benzene rings is 1. The lowest BCUT2D eigenvalue weighted by Gasteiger charge is -2.18. The van der Waals surface area contributed by atoms with E-state index in [1.165, 1.54) is 11.0 Å². The van der Waals surface area contributed by atoms with Crippen LogP contribution < -0.4 is 0 Å². The summed E-state index contributed by atoms with van der Waals surface area (Å²) in [5.41, 5.74) is 1.02. The van der Waals surface area contributed by atoms with Crippen LogP contribution in [0.15, 0.2) is 36.9 Å². The molecule has 2 rings (SSSR count). The highest BCUT2D eigenvalue weighted by Crippen LogP contribution is 2.24. The second kappa shape index (κ2) is 5.87. The summed E-state index contributed by atoms with van der Waals surface area (Å²) in [5, 5.41) is 4.08. The van der Waals surface area contributed by atoms with Crippen LogP contribution in [0.3, 0.4) is 0 Å². The Hall–Kier alpha value is -1.50. The topological polar surface area (TPSA) is 47.8 Å². The molecule has 0 fully saturated rings. The number of allylic oxidation sites excluding steroid dienone is 1. The number of halogens is 1. The van der Waals surface area contributed by atoms with Gasteiger partial charge in [-0.3, -0.25) is 4.79 Å². The standard InChI is InChI=1S/C15H16IN3O/c1-15(2,3)14(20)13(19-10-17-9-18-19)8-11-5-4-6-12(16)7-11/h4-10H,1-3H3. The third kappa shape index (κ3) is 3.53. The summed E-state index contributed by atoms with van der Waals surface area (Å²) in [7, 11) is 0. The van der Waals surface area contributed by atoms with Gasteiger partial charge in [0, 0.05) is 8.99 Å². The molecular weight excluding hydrogens is 365 g/mol. The first-order valence-electron chi connectivity index (χ1n) is 6.25. The van der Waals surface area contributed by atoms with Gasteiger partial charge in [0.2, 0.25) is 0 Å². The lowest BCUT2D eigenvalue weighted by atomic mass is 9.88. The predicted molar refractivity (Wildman–Crippen MR) is 87.8 cm³/mol. The Labute approximate surface area is 132 Å². The summed E-state index contributed by atoms with van der Waals surface area (Å²) in [6, 6.07) is 7.97. The van der Waals surface area contributed by atoms with E-state index in [9.17, 15) is 4.79 Å². The third-order valence-electron chi connectivity index (χ3n) is 2.73. The highest BCUT2D eigenvalue weighted by Gasteiger charge is 2.26. The molecule has 5 heteroatoms. The van der Waals surface area contributed by atoms with Crippen molar-refractivity contribution in [2.24, 2.45) is 5.41 Å². The van der Waals surface area contributed by atoms with Gasteiger partial charge in [0.05, 0.1) is 0 Å². The van der Waals surface area contributed by atoms with E-state index in [0.717, 1.165) is 9.13 Å². The SMILES string of the molecule is CC(C)(C)C(=O)C(=Cc1cccc(I)c1)n1cncn1. The lowest BCUT2D eigenvalue weighted by molar-refractivity contribution is -0.120. The molecule has 0 aliphatic rings. The Morgan fingerprint density at radius 3 is 2.65 bits per heavy atom. The van der Waals surface area contributed by atoms with E-state index in [1.807, 2.05) is 51.1 Å². The molecule has 0 radical (unpaired) electrons. The average Bonchev–Trinajstić information content (AvgIpc) is 2.87. The van der Waals surface area contributed by atoms with Gasteiger partial charge < -0.3 is 0 Å². The van der Waals surface area contributed by atoms with Gasteiger partial charge in [-0.05, 0) is 46.4 Å². The smallest absolute Gasteiger partial charge is 0.186 e. The summed E-state index contributed by atoms with van der Waals surface area (Å²) in [4.78, 5) is 16.5. The average molecular weight is 381 g/mol. The number of carbonyl (C=O) groups excluding carboxylic acids is 1. The van der Waals surface area contributed by atoms with Crippen molar-refractivity contribution in [1.29, 1.82) is 0 Å². The molecule has 0 aliphatic heterocycles. The fourth-order valence-electron chi connectivity index (χ4n) is 1.71. The molecular formula is C15H16IN3O. The maximum Gasteiger partial charge on any atom is 0.186 e. The van der Waals surface area contributed by atoms with Crippen molar-refractivity contribution in [3.05, 3.63) is 46.1 Å². The minimum atomic E-state index is -0.473. The first kappa shape index (κ1) is 14.9. The maximum absolute atomic E-state index is 12.6. The van der Waals surface area contributed by atoms with Crippen molar-refractivity contribution in [2.45, 2.75) is 20.8 Å². The summed E-state index contributed by atoms with van der Waals surface area (Å²) in [6.07, 6.45) is 4.83. The van der Waals surface area contributed by atoms with Crippen molar-refractivity contribution in [2.75, 3.05) is 0 Å². The summed E-state index contributed by atoms with van der Waals surface area (Å²) >= 11 is 2.25. The Kier molecular flexibility index (Phi) is 4.37. The number of hydrogen-bond donors (Lipinski definition) is 0. The fraction of sp³-hybridized carbons (Fsp3) is 0.267. The molecule has 104 valence electrons. The molecule has 1 aromatic heterocycles. The zero-order valence-corrected chi connectivity index (χ0v) is 13.8. The van der Waals surface area contributed by atoms with E-state index in [4.69, 9.17) is 0 Å². The quantitative estimate of drug-likeness (QED) is 0.604. The number of carbonyl (C=O) groups is 1. The minimum Gasteiger partial charge on any atom is -0.292 e. The van der Waals surface area contributed by atoms with Crippen LogP contribution in [0.4, 0.5) is 0 Å². The van der Waals surface area contributed by atoms with Crippen LogP contribution in [0.25, 0.3) is 11.8 Å². The van der Waals surface area contributed by atoms with Crippen molar-refractivity contribution in [3.63, 3.8) is 0 Å². The molecule has 0 amide bonds. The van der Waals surface area contributed by atoms with Gasteiger partial charge in [-0.25, -0.2) is 9.67 Å². The van der Waals surface area contributed by atoms with E-state index in [0.29, 0.717) is 5.70 Å². The van der Waals surface area contributed by atoms with Crippen molar-refractivity contribution in [1.82, 2.24) is 14.8 Å². The Balaban J connectivity index is 2.50. The molecule has 0 saturated carbocycles. The molecule has 0 atom stereocenters. The normalized spacial score (nSPS) is 12.5. The van der Waals surface area contributed by atoms with Gasteiger partial charge >= 0.3 is 0 Å². The molecule has 0 unspecified atom stereocenters. The van der Waals surface area contributed by atoms with Crippen LogP contribution in [0.1, 0.15) is 26.3 Å². The number of Topliss-reactive ketones (excluding diaryl/α,β-unsaturated/α-hetero) is 1. The first-order chi connectivity index (χ1) is 9.38. The van der Waals surface area contributed by atoms with Crippen LogP contribution in [0.5, 0.6) is 0 Å². The maximum atomic E-state index is 12.6. The van der Waals surface area contributed by atoms with Gasteiger partial charge in [0.15, 0.2) is 5.78 Å². The Bertz CT molecular complexity index is 639. The van der Waals surface area contributed by atoms with Gasteiger partial charge in [-0.2, -0.15) is 5.10 Å². The minimum absolute atomic E-state index is 0.0295. The van der Waals surface area contributed by atoms with E-state index < -0.39 is 5.41 Å². The molecule has 4 nitrogen and oxygen atoms in total. The number of rotatable bonds is 3. The van der Waals surface area contributed by atoms with Crippen molar-refractivity contribution in [3.8, 4) is 0 Å². The van der Waals surface area contributed by atoms with Crippen LogP contribution in [0, 0.1) is 8.99 Å². The van der Waals surface area contributed by atoms with Crippen molar-refractivity contribution < 1.29 is 4.79 Å². The number of hydrogen-bond acceptors (Lipinski definition) is 3. The Morgan fingerprint density at radius 1 is 1.35 bits per heavy atom. The Morgan fingerprint density at radius 2 is 2.10 bits per heavy atom. The highest BCUT2D eigenvalue weighted by molar-refractivity contribution is 14.1. The first-order valence-corrected chi connectivity index (χ1v) is 7.33. The van der Waals surface area contributed by atoms with Crippen molar-refractivity contribution >= 4 is 40.1 Å². The van der Waals surface area contributed by atoms with E-state index in [-0.39, 0.29) is 5.78 Å².